The number of hydrogen-bond donors (Lipinski definition) is 1. The molecule has 0 saturated heterocycles. The molecular formula is C9H7N7S. The Morgan fingerprint density at radius 2 is 2.24 bits per heavy atom. The summed E-state index contributed by atoms with van der Waals surface area (Å²) in [5, 5.41) is 10.4. The number of fused-ring (bicyclic) bond motifs is 2. The van der Waals surface area contributed by atoms with Gasteiger partial charge in [0.1, 0.15) is 6.33 Å². The molecule has 84 valence electrons. The van der Waals surface area contributed by atoms with E-state index >= 15 is 0 Å². The van der Waals surface area contributed by atoms with Gasteiger partial charge >= 0.3 is 0 Å². The Morgan fingerprint density at radius 3 is 3.12 bits per heavy atom. The minimum Gasteiger partial charge on any atom is -0.260 e. The molecular weight excluding hydrogens is 238 g/mol. The number of H-pyrrole nitrogens is 1. The first kappa shape index (κ1) is 9.85. The van der Waals surface area contributed by atoms with E-state index in [1.54, 1.807) is 40.0 Å². The average Bonchev–Trinajstić information content (AvgIpc) is 3.06. The Labute approximate surface area is 99.2 Å². The highest BCUT2D eigenvalue weighted by atomic mass is 32.1. The predicted molar refractivity (Wildman–Crippen MR) is 62.5 cm³/mol. The van der Waals surface area contributed by atoms with E-state index in [1.165, 1.54) is 6.33 Å². The first-order valence-corrected chi connectivity index (χ1v) is 5.64. The topological polar surface area (TPSA) is 84.6 Å². The third-order valence-electron chi connectivity index (χ3n) is 2.00. The fourth-order valence-electron chi connectivity index (χ4n) is 1.25. The number of nitrogens with one attached hydrogen (secondary N) is 1. The van der Waals surface area contributed by atoms with Gasteiger partial charge in [0, 0.05) is 12.4 Å². The number of hydrogen-bond acceptors (Lipinski definition) is 6. The summed E-state index contributed by atoms with van der Waals surface area (Å²) in [7, 11) is 0. The molecule has 4 rings (SSSR count). The van der Waals surface area contributed by atoms with Crippen molar-refractivity contribution in [3.8, 4) is 0 Å². The number of rotatable bonds is 0. The van der Waals surface area contributed by atoms with Gasteiger partial charge in [-0.25, -0.2) is 14.5 Å². The molecule has 0 fully saturated rings. The average molecular weight is 245 g/mol. The van der Waals surface area contributed by atoms with E-state index in [-0.39, 0.29) is 0 Å². The van der Waals surface area contributed by atoms with Crippen LogP contribution in [0.4, 0.5) is 0 Å². The summed E-state index contributed by atoms with van der Waals surface area (Å²) in [4.78, 5) is 11.8. The van der Waals surface area contributed by atoms with Crippen LogP contribution in [-0.4, -0.2) is 34.8 Å². The van der Waals surface area contributed by atoms with Crippen molar-refractivity contribution >= 4 is 27.5 Å². The number of aromatic nitrogens is 7. The molecule has 0 saturated carbocycles. The van der Waals surface area contributed by atoms with Crippen LogP contribution >= 0.6 is 11.3 Å². The van der Waals surface area contributed by atoms with Crippen LogP contribution in [0.3, 0.4) is 0 Å². The van der Waals surface area contributed by atoms with Crippen molar-refractivity contribution < 1.29 is 0 Å². The molecule has 17 heavy (non-hydrogen) atoms. The second-order valence-electron chi connectivity index (χ2n) is 3.06. The Hall–Kier alpha value is -2.35. The van der Waals surface area contributed by atoms with Crippen molar-refractivity contribution in [3.05, 3.63) is 36.5 Å². The summed E-state index contributed by atoms with van der Waals surface area (Å²) in [5.41, 5.74) is 2.68. The van der Waals surface area contributed by atoms with E-state index in [4.69, 9.17) is 0 Å². The molecule has 0 bridgehead atoms. The lowest BCUT2D eigenvalue weighted by Crippen LogP contribution is -1.86. The van der Waals surface area contributed by atoms with Gasteiger partial charge in [0.2, 0.25) is 0 Å². The molecule has 4 aromatic rings. The summed E-state index contributed by atoms with van der Waals surface area (Å²) in [6.07, 6.45) is 6.73. The molecule has 1 N–H and O–H groups in total. The Kier molecular flexibility index (Phi) is 2.47. The van der Waals surface area contributed by atoms with Crippen LogP contribution in [0.5, 0.6) is 0 Å². The molecule has 0 aliphatic carbocycles. The van der Waals surface area contributed by atoms with Gasteiger partial charge in [0.25, 0.3) is 5.78 Å². The first-order valence-electron chi connectivity index (χ1n) is 4.76. The fourth-order valence-corrected chi connectivity index (χ4v) is 1.85. The van der Waals surface area contributed by atoms with E-state index < -0.39 is 0 Å². The molecule has 7 nitrogen and oxygen atoms in total. The molecule has 8 heteroatoms. The monoisotopic (exact) mass is 245 g/mol. The Bertz CT molecular complexity index is 643. The van der Waals surface area contributed by atoms with Gasteiger partial charge in [0.15, 0.2) is 5.65 Å². The smallest absolute Gasteiger partial charge is 0.252 e. The summed E-state index contributed by atoms with van der Waals surface area (Å²) in [6, 6.07) is 1.81. The molecule has 0 spiro atoms. The van der Waals surface area contributed by atoms with Gasteiger partial charge < -0.3 is 0 Å². The standard InChI is InChI=1S/C5H4N4.C4H3N3S/c1-2-6-5-7-4-8-9(5)3-1;1-3-4(7-6-1)5-2-8-3/h1-4H;1-2H,(H,6,7). The molecule has 0 aromatic carbocycles. The number of aromatic amines is 1. The zero-order chi connectivity index (χ0) is 11.5. The highest BCUT2D eigenvalue weighted by Crippen LogP contribution is 2.12. The van der Waals surface area contributed by atoms with E-state index in [1.807, 2.05) is 6.07 Å². The lowest BCUT2D eigenvalue weighted by molar-refractivity contribution is 0.939. The van der Waals surface area contributed by atoms with Gasteiger partial charge in [-0.3, -0.25) is 5.10 Å². The molecule has 4 heterocycles. The van der Waals surface area contributed by atoms with Crippen molar-refractivity contribution in [2.24, 2.45) is 0 Å². The lowest BCUT2D eigenvalue weighted by atomic mass is 10.7. The van der Waals surface area contributed by atoms with Crippen LogP contribution < -0.4 is 0 Å². The van der Waals surface area contributed by atoms with Crippen LogP contribution in [0.2, 0.25) is 0 Å². The number of thiazole rings is 1. The molecule has 0 amide bonds. The second kappa shape index (κ2) is 4.26. The van der Waals surface area contributed by atoms with Gasteiger partial charge in [-0.2, -0.15) is 15.2 Å². The van der Waals surface area contributed by atoms with Crippen molar-refractivity contribution in [2.45, 2.75) is 0 Å². The van der Waals surface area contributed by atoms with Crippen molar-refractivity contribution in [3.63, 3.8) is 0 Å². The van der Waals surface area contributed by atoms with Gasteiger partial charge in [-0.05, 0) is 6.07 Å². The minimum absolute atomic E-state index is 0.637. The summed E-state index contributed by atoms with van der Waals surface area (Å²) >= 11 is 1.59. The highest BCUT2D eigenvalue weighted by molar-refractivity contribution is 7.16. The molecule has 0 unspecified atom stereocenters. The third kappa shape index (κ3) is 1.97. The predicted octanol–water partition coefficient (Wildman–Crippen LogP) is 1.14. The van der Waals surface area contributed by atoms with Crippen LogP contribution in [0.15, 0.2) is 36.5 Å². The normalized spacial score (nSPS) is 10.4. The summed E-state index contributed by atoms with van der Waals surface area (Å²) < 4.78 is 2.73. The maximum Gasteiger partial charge on any atom is 0.252 e. The van der Waals surface area contributed by atoms with Crippen LogP contribution in [0.1, 0.15) is 0 Å². The number of nitrogens with zero attached hydrogens (tertiary/aromatic N) is 6. The van der Waals surface area contributed by atoms with Gasteiger partial charge in [0.05, 0.1) is 16.4 Å². The maximum atomic E-state index is 3.98. The Morgan fingerprint density at radius 1 is 1.24 bits per heavy atom. The maximum absolute atomic E-state index is 3.98. The van der Waals surface area contributed by atoms with Gasteiger partial charge in [-0.15, -0.1) is 11.3 Å². The van der Waals surface area contributed by atoms with Gasteiger partial charge in [-0.1, -0.05) is 0 Å². The highest BCUT2D eigenvalue weighted by Gasteiger charge is 1.93. The minimum atomic E-state index is 0.637. The van der Waals surface area contributed by atoms with E-state index in [0.717, 1.165) is 10.3 Å². The molecule has 0 aliphatic heterocycles. The van der Waals surface area contributed by atoms with Crippen molar-refractivity contribution in [1.82, 2.24) is 34.8 Å². The molecule has 0 atom stereocenters. The largest absolute Gasteiger partial charge is 0.260 e. The van der Waals surface area contributed by atoms with Crippen molar-refractivity contribution in [2.75, 3.05) is 0 Å². The Balaban J connectivity index is 0.000000107. The molecule has 0 radical (unpaired) electrons. The van der Waals surface area contributed by atoms with E-state index in [0.29, 0.717) is 5.78 Å². The molecule has 0 aliphatic rings. The SMILES string of the molecule is c1cnc2ncnn2c1.c1nc2[nH]ncc2s1. The third-order valence-corrected chi connectivity index (χ3v) is 2.77. The van der Waals surface area contributed by atoms with Crippen molar-refractivity contribution in [1.29, 1.82) is 0 Å². The zero-order valence-corrected chi connectivity index (χ0v) is 9.37. The first-order chi connectivity index (χ1) is 8.43. The van der Waals surface area contributed by atoms with E-state index in [9.17, 15) is 0 Å². The van der Waals surface area contributed by atoms with E-state index in [2.05, 4.69) is 30.2 Å². The summed E-state index contributed by atoms with van der Waals surface area (Å²) in [6.45, 7) is 0. The quantitative estimate of drug-likeness (QED) is 0.502. The second-order valence-corrected chi connectivity index (χ2v) is 3.95. The van der Waals surface area contributed by atoms with Crippen LogP contribution in [-0.2, 0) is 0 Å². The molecule has 4 aromatic heterocycles. The lowest BCUT2D eigenvalue weighted by Gasteiger charge is -1.83. The van der Waals surface area contributed by atoms with Crippen LogP contribution in [0.25, 0.3) is 16.1 Å². The fraction of sp³-hybridized carbons (Fsp3) is 0. The zero-order valence-electron chi connectivity index (χ0n) is 8.56. The summed E-state index contributed by atoms with van der Waals surface area (Å²) in [5.74, 6) is 0.637. The van der Waals surface area contributed by atoms with Crippen LogP contribution in [0, 0.1) is 0 Å².